The number of imide groups is 1. The summed E-state index contributed by atoms with van der Waals surface area (Å²) in [5.74, 6) is -1.37. The summed E-state index contributed by atoms with van der Waals surface area (Å²) in [7, 11) is 0. The lowest BCUT2D eigenvalue weighted by Gasteiger charge is -2.16. The Hall–Kier alpha value is -4.25. The van der Waals surface area contributed by atoms with E-state index in [2.05, 4.69) is 5.32 Å². The van der Waals surface area contributed by atoms with Gasteiger partial charge in [0, 0.05) is 16.6 Å². The summed E-state index contributed by atoms with van der Waals surface area (Å²) >= 11 is 0. The van der Waals surface area contributed by atoms with Crippen LogP contribution in [0.1, 0.15) is 22.3 Å². The Balaban J connectivity index is 1.63. The summed E-state index contributed by atoms with van der Waals surface area (Å²) in [6, 6.07) is 25.6. The maximum absolute atomic E-state index is 14.4. The topological polar surface area (TPSA) is 49.4 Å². The number of halogens is 1. The maximum atomic E-state index is 14.4. The van der Waals surface area contributed by atoms with Crippen LogP contribution in [0, 0.1) is 19.7 Å². The first-order chi connectivity index (χ1) is 16.4. The molecule has 1 N–H and O–H groups in total. The van der Waals surface area contributed by atoms with Crippen LogP contribution in [0.4, 0.5) is 10.1 Å². The van der Waals surface area contributed by atoms with Gasteiger partial charge >= 0.3 is 0 Å². The fraction of sp³-hybridized carbons (Fsp3) is 0.103. The molecule has 0 atom stereocenters. The van der Waals surface area contributed by atoms with Crippen LogP contribution in [0.25, 0.3) is 16.3 Å². The number of benzene rings is 4. The van der Waals surface area contributed by atoms with Crippen LogP contribution in [0.3, 0.4) is 0 Å². The molecule has 0 bridgehead atoms. The largest absolute Gasteiger partial charge is 0.350 e. The van der Waals surface area contributed by atoms with Crippen molar-refractivity contribution in [2.75, 3.05) is 5.32 Å². The second-order valence-corrected chi connectivity index (χ2v) is 8.51. The number of nitrogens with one attached hydrogen (secondary N) is 1. The van der Waals surface area contributed by atoms with Crippen molar-refractivity contribution in [3.63, 3.8) is 0 Å². The summed E-state index contributed by atoms with van der Waals surface area (Å²) in [6.07, 6.45) is 0. The van der Waals surface area contributed by atoms with Gasteiger partial charge in [0.1, 0.15) is 11.5 Å². The number of anilines is 1. The summed E-state index contributed by atoms with van der Waals surface area (Å²) in [5, 5.41) is 5.21. The fourth-order valence-electron chi connectivity index (χ4n) is 4.45. The van der Waals surface area contributed by atoms with E-state index in [0.29, 0.717) is 11.1 Å². The average molecular weight is 451 g/mol. The Bertz CT molecular complexity index is 1480. The molecule has 4 nitrogen and oxygen atoms in total. The Kier molecular flexibility index (Phi) is 5.46. The van der Waals surface area contributed by atoms with Crippen molar-refractivity contribution in [3.05, 3.63) is 119 Å². The molecule has 5 rings (SSSR count). The highest BCUT2D eigenvalue weighted by Crippen LogP contribution is 2.35. The third-order valence-corrected chi connectivity index (χ3v) is 6.15. The van der Waals surface area contributed by atoms with Gasteiger partial charge in [0.25, 0.3) is 11.8 Å². The van der Waals surface area contributed by atoms with Crippen molar-refractivity contribution in [1.29, 1.82) is 0 Å². The molecule has 1 aliphatic heterocycles. The third-order valence-electron chi connectivity index (χ3n) is 6.15. The summed E-state index contributed by atoms with van der Waals surface area (Å²) < 4.78 is 14.4. The summed E-state index contributed by atoms with van der Waals surface area (Å²) in [6.45, 7) is 3.76. The molecule has 0 unspecified atom stereocenters. The predicted molar refractivity (Wildman–Crippen MR) is 132 cm³/mol. The van der Waals surface area contributed by atoms with Crippen molar-refractivity contribution in [2.45, 2.75) is 20.4 Å². The van der Waals surface area contributed by atoms with E-state index in [1.807, 2.05) is 74.5 Å². The van der Waals surface area contributed by atoms with Crippen LogP contribution in [0.2, 0.25) is 0 Å². The fourth-order valence-corrected chi connectivity index (χ4v) is 4.45. The zero-order valence-corrected chi connectivity index (χ0v) is 18.9. The lowest BCUT2D eigenvalue weighted by Crippen LogP contribution is -2.32. The van der Waals surface area contributed by atoms with Gasteiger partial charge in [-0.25, -0.2) is 4.39 Å². The second kappa shape index (κ2) is 8.60. The van der Waals surface area contributed by atoms with Gasteiger partial charge in [-0.15, -0.1) is 0 Å². The van der Waals surface area contributed by atoms with Crippen LogP contribution in [-0.2, 0) is 16.1 Å². The second-order valence-electron chi connectivity index (χ2n) is 8.51. The monoisotopic (exact) mass is 450 g/mol. The highest BCUT2D eigenvalue weighted by molar-refractivity contribution is 6.36. The summed E-state index contributed by atoms with van der Waals surface area (Å²) in [4.78, 5) is 28.3. The molecule has 2 amide bonds. The van der Waals surface area contributed by atoms with Crippen LogP contribution < -0.4 is 5.32 Å². The van der Waals surface area contributed by atoms with Crippen molar-refractivity contribution in [3.8, 4) is 0 Å². The van der Waals surface area contributed by atoms with Gasteiger partial charge in [-0.05, 0) is 42.5 Å². The molecule has 0 aliphatic carbocycles. The zero-order valence-electron chi connectivity index (χ0n) is 18.9. The van der Waals surface area contributed by atoms with Gasteiger partial charge in [-0.1, -0.05) is 78.4 Å². The van der Waals surface area contributed by atoms with Crippen molar-refractivity contribution >= 4 is 33.8 Å². The normalized spacial score (nSPS) is 13.8. The number of rotatable bonds is 5. The molecule has 0 aromatic heterocycles. The van der Waals surface area contributed by atoms with Crippen LogP contribution >= 0.6 is 0 Å². The molecule has 0 fully saturated rings. The van der Waals surface area contributed by atoms with E-state index in [1.165, 1.54) is 6.07 Å². The number of hydrogen-bond acceptors (Lipinski definition) is 3. The molecule has 4 aromatic carbocycles. The van der Waals surface area contributed by atoms with Gasteiger partial charge in [0.05, 0.1) is 12.1 Å². The van der Waals surface area contributed by atoms with Gasteiger partial charge in [0.15, 0.2) is 0 Å². The molecule has 0 spiro atoms. The minimum Gasteiger partial charge on any atom is -0.350 e. The van der Waals surface area contributed by atoms with Crippen LogP contribution in [-0.4, -0.2) is 16.7 Å². The predicted octanol–water partition coefficient (Wildman–Crippen LogP) is 5.99. The van der Waals surface area contributed by atoms with Crippen molar-refractivity contribution in [1.82, 2.24) is 4.90 Å². The third kappa shape index (κ3) is 3.75. The van der Waals surface area contributed by atoms with E-state index >= 15 is 0 Å². The van der Waals surface area contributed by atoms with Crippen molar-refractivity contribution in [2.24, 2.45) is 0 Å². The van der Waals surface area contributed by atoms with E-state index in [4.69, 9.17) is 0 Å². The van der Waals surface area contributed by atoms with E-state index in [0.717, 1.165) is 32.5 Å². The zero-order chi connectivity index (χ0) is 23.8. The first-order valence-electron chi connectivity index (χ1n) is 11.1. The SMILES string of the molecule is Cc1ccc(C2=C(Nc3cccc4ccccc34)C(=O)N(Cc3ccccc3F)C2=O)c(C)c1. The van der Waals surface area contributed by atoms with Gasteiger partial charge in [0.2, 0.25) is 0 Å². The van der Waals surface area contributed by atoms with E-state index in [-0.39, 0.29) is 17.8 Å². The van der Waals surface area contributed by atoms with E-state index < -0.39 is 17.6 Å². The quantitative estimate of drug-likeness (QED) is 0.380. The van der Waals surface area contributed by atoms with Crippen LogP contribution in [0.5, 0.6) is 0 Å². The number of amides is 2. The average Bonchev–Trinajstić information content (AvgIpc) is 3.05. The van der Waals surface area contributed by atoms with E-state index in [9.17, 15) is 14.0 Å². The smallest absolute Gasteiger partial charge is 0.278 e. The number of carbonyl (C=O) groups is 2. The highest BCUT2D eigenvalue weighted by Gasteiger charge is 2.40. The molecule has 0 saturated heterocycles. The molecule has 4 aromatic rings. The first-order valence-corrected chi connectivity index (χ1v) is 11.1. The number of aryl methyl sites for hydroxylation is 2. The molecule has 0 saturated carbocycles. The van der Waals surface area contributed by atoms with Crippen molar-refractivity contribution < 1.29 is 14.0 Å². The molecule has 0 radical (unpaired) electrons. The van der Waals surface area contributed by atoms with Gasteiger partial charge in [-0.3, -0.25) is 14.5 Å². The number of nitrogens with zero attached hydrogens (tertiary/aromatic N) is 1. The van der Waals surface area contributed by atoms with Gasteiger partial charge in [-0.2, -0.15) is 0 Å². The van der Waals surface area contributed by atoms with E-state index in [1.54, 1.807) is 18.2 Å². The molecular formula is C29H23FN2O2. The highest BCUT2D eigenvalue weighted by atomic mass is 19.1. The molecule has 5 heteroatoms. The number of carbonyl (C=O) groups excluding carboxylic acids is 2. The Morgan fingerprint density at radius 2 is 1.56 bits per heavy atom. The molecule has 168 valence electrons. The minimum absolute atomic E-state index is 0.139. The van der Waals surface area contributed by atoms with Gasteiger partial charge < -0.3 is 5.32 Å². The standard InChI is InChI=1S/C29H23FN2O2/c1-18-14-15-22(19(2)16-18)26-27(31-25-13-7-10-20-8-3-5-11-23(20)25)29(34)32(28(26)33)17-21-9-4-6-12-24(21)30/h3-16,31H,17H2,1-2H3. The molecule has 1 aliphatic rings. The molecule has 34 heavy (non-hydrogen) atoms. The lowest BCUT2D eigenvalue weighted by atomic mass is 9.97. The summed E-state index contributed by atoms with van der Waals surface area (Å²) in [5.41, 5.74) is 4.14. The Labute approximate surface area is 197 Å². The number of fused-ring (bicyclic) bond motifs is 1. The van der Waals surface area contributed by atoms with Crippen LogP contribution in [0.15, 0.2) is 90.6 Å². The number of hydrogen-bond donors (Lipinski definition) is 1. The maximum Gasteiger partial charge on any atom is 0.278 e. The lowest BCUT2D eigenvalue weighted by molar-refractivity contribution is -0.137. The Morgan fingerprint density at radius 1 is 0.824 bits per heavy atom. The Morgan fingerprint density at radius 3 is 2.35 bits per heavy atom. The minimum atomic E-state index is -0.476. The molecule has 1 heterocycles. The first kappa shape index (κ1) is 21.6. The molecular weight excluding hydrogens is 427 g/mol.